The van der Waals surface area contributed by atoms with Crippen molar-refractivity contribution in [1.82, 2.24) is 10.3 Å². The maximum absolute atomic E-state index is 13.0. The number of hydrogen-bond acceptors (Lipinski definition) is 7. The molecule has 6 atom stereocenters. The number of amides is 1. The molecule has 1 saturated carbocycles. The van der Waals surface area contributed by atoms with E-state index in [4.69, 9.17) is 9.72 Å². The Kier molecular flexibility index (Phi) is 8.47. The summed E-state index contributed by atoms with van der Waals surface area (Å²) in [6.45, 7) is 16.5. The number of aromatic nitrogens is 1. The molecule has 1 aliphatic heterocycles. The molecule has 2 aliphatic carbocycles. The highest BCUT2D eigenvalue weighted by Gasteiger charge is 2.54. The molecule has 0 radical (unpaired) electrons. The van der Waals surface area contributed by atoms with Gasteiger partial charge in [0.15, 0.2) is 9.84 Å². The molecule has 0 spiro atoms. The largest absolute Gasteiger partial charge is 0.392 e. The van der Waals surface area contributed by atoms with E-state index in [0.29, 0.717) is 11.6 Å². The number of carbonyl (C=O) groups is 1. The Hall–Kier alpha value is -1.07. The highest BCUT2D eigenvalue weighted by Crippen LogP contribution is 2.57. The summed E-state index contributed by atoms with van der Waals surface area (Å²) in [7, 11) is -3.32. The standard InChI is InChI=1S/C27H45N3O5S2/c1-17(25(32)28-9-10-30-11-13-35-14-12-30)19-7-8-27(6)15-20-23(18(2)22(27)24(19)31)29-21(36-20)16-37(33,34)26(3,4)5/h17-19,22,24,31H,7-16H2,1-6H3,(H,28,32)/p+1/t17-,18-,19-,22+,24-,27-/m0/s1. The van der Waals surface area contributed by atoms with Crippen molar-refractivity contribution in [2.45, 2.75) is 83.3 Å². The molecule has 1 aromatic rings. The number of ether oxygens (including phenoxy) is 1. The number of hydrogen-bond donors (Lipinski definition) is 3. The van der Waals surface area contributed by atoms with Gasteiger partial charge in [0.1, 0.15) is 23.8 Å². The third-order valence-electron chi connectivity index (χ3n) is 9.25. The van der Waals surface area contributed by atoms with Gasteiger partial charge in [-0.25, -0.2) is 13.4 Å². The van der Waals surface area contributed by atoms with Crippen molar-refractivity contribution in [3.63, 3.8) is 0 Å². The van der Waals surface area contributed by atoms with Gasteiger partial charge in [-0.05, 0) is 57.3 Å². The van der Waals surface area contributed by atoms with Crippen molar-refractivity contribution in [2.75, 3.05) is 39.4 Å². The quantitative estimate of drug-likeness (QED) is 0.471. The molecule has 10 heteroatoms. The second kappa shape index (κ2) is 10.8. The topological polar surface area (TPSA) is 110 Å². The Balaban J connectivity index is 1.44. The maximum atomic E-state index is 13.0. The van der Waals surface area contributed by atoms with Crippen LogP contribution in [0.2, 0.25) is 0 Å². The fourth-order valence-electron chi connectivity index (χ4n) is 6.67. The van der Waals surface area contributed by atoms with E-state index in [2.05, 4.69) is 19.2 Å². The van der Waals surface area contributed by atoms with E-state index in [-0.39, 0.29) is 40.7 Å². The number of aliphatic hydroxyl groups is 1. The summed E-state index contributed by atoms with van der Waals surface area (Å²) in [4.78, 5) is 20.5. The van der Waals surface area contributed by atoms with E-state index >= 15 is 0 Å². The number of aliphatic hydroxyl groups excluding tert-OH is 1. The fraction of sp³-hybridized carbons (Fsp3) is 0.852. The summed E-state index contributed by atoms with van der Waals surface area (Å²) in [6, 6.07) is 0. The predicted molar refractivity (Wildman–Crippen MR) is 145 cm³/mol. The van der Waals surface area contributed by atoms with Crippen LogP contribution in [0.25, 0.3) is 0 Å². The molecular weight excluding hydrogens is 510 g/mol. The van der Waals surface area contributed by atoms with Gasteiger partial charge in [0.25, 0.3) is 0 Å². The Morgan fingerprint density at radius 2 is 2.00 bits per heavy atom. The molecule has 8 nitrogen and oxygen atoms in total. The zero-order valence-corrected chi connectivity index (χ0v) is 24.9. The lowest BCUT2D eigenvalue weighted by atomic mass is 9.53. The van der Waals surface area contributed by atoms with Crippen molar-refractivity contribution in [1.29, 1.82) is 0 Å². The maximum Gasteiger partial charge on any atom is 0.223 e. The number of nitrogens with zero attached hydrogens (tertiary/aromatic N) is 1. The van der Waals surface area contributed by atoms with E-state index in [1.165, 1.54) is 16.2 Å². The minimum Gasteiger partial charge on any atom is -0.392 e. The molecule has 1 aromatic heterocycles. The van der Waals surface area contributed by atoms with Crippen LogP contribution in [0.5, 0.6) is 0 Å². The van der Waals surface area contributed by atoms with Gasteiger partial charge in [0, 0.05) is 16.7 Å². The number of morpholine rings is 1. The van der Waals surface area contributed by atoms with Gasteiger partial charge in [0.05, 0.1) is 42.8 Å². The third-order valence-corrected chi connectivity index (χ3v) is 13.0. The summed E-state index contributed by atoms with van der Waals surface area (Å²) < 4.78 is 30.2. The van der Waals surface area contributed by atoms with Crippen LogP contribution in [0.15, 0.2) is 0 Å². The summed E-state index contributed by atoms with van der Waals surface area (Å²) in [5, 5.41) is 15.4. The first-order valence-electron chi connectivity index (χ1n) is 13.8. The monoisotopic (exact) mass is 556 g/mol. The van der Waals surface area contributed by atoms with Gasteiger partial charge in [-0.1, -0.05) is 20.8 Å². The minimum absolute atomic E-state index is 0.00840. The first-order valence-corrected chi connectivity index (χ1v) is 16.3. The Labute approximate surface area is 226 Å². The van der Waals surface area contributed by atoms with Crippen LogP contribution in [0.3, 0.4) is 0 Å². The number of quaternary nitrogens is 1. The van der Waals surface area contributed by atoms with E-state index in [9.17, 15) is 18.3 Å². The molecule has 4 rings (SSSR count). The number of thiazole rings is 1. The Bertz CT molecular complexity index is 1080. The number of nitrogens with one attached hydrogen (secondary N) is 2. The Morgan fingerprint density at radius 3 is 2.65 bits per heavy atom. The zero-order chi connectivity index (χ0) is 27.2. The highest BCUT2D eigenvalue weighted by atomic mass is 32.2. The lowest BCUT2D eigenvalue weighted by Gasteiger charge is -2.53. The first kappa shape index (κ1) is 28.9. The lowest BCUT2D eigenvalue weighted by Crippen LogP contribution is -3.14. The van der Waals surface area contributed by atoms with Crippen molar-refractivity contribution in [3.05, 3.63) is 15.6 Å². The number of carbonyl (C=O) groups excluding carboxylic acids is 1. The van der Waals surface area contributed by atoms with Crippen molar-refractivity contribution in [2.24, 2.45) is 23.2 Å². The fourth-order valence-corrected chi connectivity index (χ4v) is 9.36. The van der Waals surface area contributed by atoms with Gasteiger partial charge < -0.3 is 20.1 Å². The second-order valence-electron chi connectivity index (χ2n) is 12.8. The SMILES string of the molecule is C[C@H](C(=O)NCC[NH+]1CCOCC1)[C@@H]1CC[C@@]2(C)Cc3sc(CS(=O)(=O)C(C)(C)C)nc3[C@@H](C)[C@@H]2[C@H]1O. The second-order valence-corrected chi connectivity index (χ2v) is 16.7. The summed E-state index contributed by atoms with van der Waals surface area (Å²) in [5.41, 5.74) is 0.849. The first-order chi connectivity index (χ1) is 17.2. The molecule has 3 N–H and O–H groups in total. The van der Waals surface area contributed by atoms with Gasteiger partial charge in [0.2, 0.25) is 5.91 Å². The van der Waals surface area contributed by atoms with Gasteiger partial charge >= 0.3 is 0 Å². The molecule has 210 valence electrons. The summed E-state index contributed by atoms with van der Waals surface area (Å²) >= 11 is 1.52. The molecule has 1 amide bonds. The van der Waals surface area contributed by atoms with Crippen LogP contribution in [0, 0.1) is 23.2 Å². The van der Waals surface area contributed by atoms with Gasteiger partial charge in [-0.15, -0.1) is 11.3 Å². The van der Waals surface area contributed by atoms with Crippen LogP contribution in [-0.4, -0.2) is 74.7 Å². The number of fused-ring (bicyclic) bond motifs is 2. The lowest BCUT2D eigenvalue weighted by molar-refractivity contribution is -0.906. The van der Waals surface area contributed by atoms with Gasteiger partial charge in [-0.3, -0.25) is 4.79 Å². The van der Waals surface area contributed by atoms with Crippen LogP contribution in [-0.2, 0) is 31.5 Å². The molecule has 3 aliphatic rings. The molecule has 1 saturated heterocycles. The number of sulfone groups is 1. The van der Waals surface area contributed by atoms with Crippen molar-refractivity contribution < 1.29 is 28.0 Å². The third kappa shape index (κ3) is 5.93. The molecule has 0 aromatic carbocycles. The summed E-state index contributed by atoms with van der Waals surface area (Å²) in [6.07, 6.45) is 1.95. The molecule has 2 fully saturated rings. The molecule has 0 bridgehead atoms. The highest BCUT2D eigenvalue weighted by molar-refractivity contribution is 7.92. The molecule has 37 heavy (non-hydrogen) atoms. The molecule has 2 heterocycles. The average molecular weight is 557 g/mol. The predicted octanol–water partition coefficient (Wildman–Crippen LogP) is 1.58. The van der Waals surface area contributed by atoms with Crippen LogP contribution >= 0.6 is 11.3 Å². The minimum atomic E-state index is -3.32. The normalized spacial score (nSPS) is 31.9. The zero-order valence-electron chi connectivity index (χ0n) is 23.3. The number of rotatable bonds is 7. The van der Waals surface area contributed by atoms with Crippen LogP contribution in [0.4, 0.5) is 0 Å². The van der Waals surface area contributed by atoms with Crippen molar-refractivity contribution >= 4 is 27.1 Å². The van der Waals surface area contributed by atoms with Gasteiger partial charge in [-0.2, -0.15) is 0 Å². The van der Waals surface area contributed by atoms with E-state index < -0.39 is 20.7 Å². The average Bonchev–Trinajstić information content (AvgIpc) is 3.19. The van der Waals surface area contributed by atoms with E-state index in [1.54, 1.807) is 20.8 Å². The smallest absolute Gasteiger partial charge is 0.223 e. The van der Waals surface area contributed by atoms with Crippen LogP contribution in [0.1, 0.15) is 75.9 Å². The van der Waals surface area contributed by atoms with Crippen LogP contribution < -0.4 is 10.2 Å². The van der Waals surface area contributed by atoms with Crippen molar-refractivity contribution in [3.8, 4) is 0 Å². The summed E-state index contributed by atoms with van der Waals surface area (Å²) in [5.74, 6) is -0.396. The molecule has 0 unspecified atom stereocenters. The van der Waals surface area contributed by atoms with E-state index in [0.717, 1.165) is 62.7 Å². The Morgan fingerprint density at radius 1 is 1.32 bits per heavy atom. The molecular formula is C27H46N3O5S2+. The van der Waals surface area contributed by atoms with E-state index in [1.807, 2.05) is 6.92 Å².